The van der Waals surface area contributed by atoms with Gasteiger partial charge in [-0.25, -0.2) is 0 Å². The zero-order valence-corrected chi connectivity index (χ0v) is 14.9. The van der Waals surface area contributed by atoms with Crippen LogP contribution in [0.5, 0.6) is 0 Å². The lowest BCUT2D eigenvalue weighted by atomic mass is 10.1. The van der Waals surface area contributed by atoms with Crippen LogP contribution < -0.4 is 4.90 Å². The molecule has 1 aromatic heterocycles. The number of hydrogen-bond acceptors (Lipinski definition) is 2. The average molecular weight is 357 g/mol. The molecule has 0 N–H and O–H groups in total. The van der Waals surface area contributed by atoms with Crippen LogP contribution in [0.4, 0.5) is 5.69 Å². The maximum Gasteiger partial charge on any atom is 0.231 e. The standard InChI is InChI=1S/C19H17ClN2OS/c1-21-12-13(15-4-2-3-5-16(15)21)10-19(23)22-8-9-24-18-7-6-14(20)11-17(18)22/h2-7,11-12H,8-10H2,1H3. The highest BCUT2D eigenvalue weighted by Gasteiger charge is 2.24. The Balaban J connectivity index is 1.67. The second-order valence-corrected chi connectivity index (χ2v) is 7.54. The number of para-hydroxylation sites is 1. The zero-order chi connectivity index (χ0) is 16.7. The van der Waals surface area contributed by atoms with Crippen LogP contribution in [0.15, 0.2) is 53.6 Å². The second-order valence-electron chi connectivity index (χ2n) is 5.97. The summed E-state index contributed by atoms with van der Waals surface area (Å²) in [6.45, 7) is 0.724. The lowest BCUT2D eigenvalue weighted by molar-refractivity contribution is -0.117. The molecule has 3 nitrogen and oxygen atoms in total. The maximum absolute atomic E-state index is 13.0. The molecule has 0 radical (unpaired) electrons. The quantitative estimate of drug-likeness (QED) is 0.674. The fourth-order valence-corrected chi connectivity index (χ4v) is 4.42. The molecule has 1 amide bonds. The Morgan fingerprint density at radius 2 is 2.08 bits per heavy atom. The van der Waals surface area contributed by atoms with Gasteiger partial charge in [-0.05, 0) is 29.8 Å². The molecule has 0 atom stereocenters. The number of amides is 1. The van der Waals surface area contributed by atoms with Crippen LogP contribution in [-0.4, -0.2) is 22.8 Å². The van der Waals surface area contributed by atoms with Crippen LogP contribution in [-0.2, 0) is 18.3 Å². The van der Waals surface area contributed by atoms with Gasteiger partial charge in [0.2, 0.25) is 5.91 Å². The van der Waals surface area contributed by atoms with Gasteiger partial charge in [-0.15, -0.1) is 11.8 Å². The lowest BCUT2D eigenvalue weighted by Gasteiger charge is -2.29. The first-order valence-electron chi connectivity index (χ1n) is 7.89. The van der Waals surface area contributed by atoms with Gasteiger partial charge < -0.3 is 9.47 Å². The van der Waals surface area contributed by atoms with Crippen molar-refractivity contribution in [2.75, 3.05) is 17.2 Å². The van der Waals surface area contributed by atoms with E-state index in [4.69, 9.17) is 11.6 Å². The maximum atomic E-state index is 13.0. The van der Waals surface area contributed by atoms with Gasteiger partial charge in [0.05, 0.1) is 12.1 Å². The van der Waals surface area contributed by atoms with Crippen molar-refractivity contribution in [2.45, 2.75) is 11.3 Å². The molecule has 4 rings (SSSR count). The van der Waals surface area contributed by atoms with Crippen LogP contribution >= 0.6 is 23.4 Å². The van der Waals surface area contributed by atoms with Gasteiger partial charge in [0.25, 0.3) is 0 Å². The van der Waals surface area contributed by atoms with Crippen molar-refractivity contribution in [3.8, 4) is 0 Å². The molecule has 0 saturated heterocycles. The molecule has 0 aliphatic carbocycles. The summed E-state index contributed by atoms with van der Waals surface area (Å²) >= 11 is 7.91. The van der Waals surface area contributed by atoms with E-state index in [-0.39, 0.29) is 5.91 Å². The molecule has 2 heterocycles. The van der Waals surface area contributed by atoms with Crippen LogP contribution in [0.1, 0.15) is 5.56 Å². The Kier molecular flexibility index (Phi) is 4.02. The van der Waals surface area contributed by atoms with Crippen LogP contribution in [0.3, 0.4) is 0 Å². The van der Waals surface area contributed by atoms with E-state index in [0.717, 1.165) is 39.3 Å². The van der Waals surface area contributed by atoms with E-state index < -0.39 is 0 Å². The molecular weight excluding hydrogens is 340 g/mol. The summed E-state index contributed by atoms with van der Waals surface area (Å²) in [5.74, 6) is 1.03. The topological polar surface area (TPSA) is 25.2 Å². The summed E-state index contributed by atoms with van der Waals surface area (Å²) in [6, 6.07) is 14.0. The number of aromatic nitrogens is 1. The monoisotopic (exact) mass is 356 g/mol. The van der Waals surface area contributed by atoms with Crippen LogP contribution in [0.2, 0.25) is 5.02 Å². The number of halogens is 1. The Hall–Kier alpha value is -1.91. The number of aryl methyl sites for hydroxylation is 1. The van der Waals surface area contributed by atoms with E-state index >= 15 is 0 Å². The van der Waals surface area contributed by atoms with Crippen molar-refractivity contribution >= 4 is 45.9 Å². The fourth-order valence-electron chi connectivity index (χ4n) is 3.27. The predicted octanol–water partition coefficient (Wildman–Crippen LogP) is 4.51. The second kappa shape index (κ2) is 6.19. The molecule has 5 heteroatoms. The fraction of sp³-hybridized carbons (Fsp3) is 0.211. The van der Waals surface area contributed by atoms with Gasteiger partial charge in [0.15, 0.2) is 0 Å². The largest absolute Gasteiger partial charge is 0.350 e. The lowest BCUT2D eigenvalue weighted by Crippen LogP contribution is -2.36. The zero-order valence-electron chi connectivity index (χ0n) is 13.3. The molecule has 0 unspecified atom stereocenters. The molecule has 2 aromatic carbocycles. The Labute approximate surface area is 150 Å². The van der Waals surface area contributed by atoms with Crippen LogP contribution in [0.25, 0.3) is 10.9 Å². The van der Waals surface area contributed by atoms with E-state index in [1.165, 1.54) is 0 Å². The summed E-state index contributed by atoms with van der Waals surface area (Å²) in [5.41, 5.74) is 3.15. The van der Waals surface area contributed by atoms with Crippen molar-refractivity contribution in [1.29, 1.82) is 0 Å². The Bertz CT molecular complexity index is 934. The number of rotatable bonds is 2. The summed E-state index contributed by atoms with van der Waals surface area (Å²) < 4.78 is 2.08. The van der Waals surface area contributed by atoms with E-state index in [1.807, 2.05) is 42.3 Å². The molecule has 1 aliphatic rings. The number of anilines is 1. The molecule has 1 aliphatic heterocycles. The molecular formula is C19H17ClN2OS. The SMILES string of the molecule is Cn1cc(CC(=O)N2CCSc3ccc(Cl)cc32)c2ccccc21. The van der Waals surface area contributed by atoms with E-state index in [2.05, 4.69) is 22.9 Å². The minimum Gasteiger partial charge on any atom is -0.350 e. The van der Waals surface area contributed by atoms with Crippen molar-refractivity contribution in [3.05, 3.63) is 59.2 Å². The Morgan fingerprint density at radius 3 is 2.96 bits per heavy atom. The first-order valence-corrected chi connectivity index (χ1v) is 9.25. The smallest absolute Gasteiger partial charge is 0.231 e. The number of fused-ring (bicyclic) bond motifs is 2. The van der Waals surface area contributed by atoms with Gasteiger partial charge >= 0.3 is 0 Å². The summed E-state index contributed by atoms with van der Waals surface area (Å²) in [5, 5.41) is 1.81. The van der Waals surface area contributed by atoms with Gasteiger partial charge in [-0.1, -0.05) is 29.8 Å². The molecule has 3 aromatic rings. The third kappa shape index (κ3) is 2.70. The first-order chi connectivity index (χ1) is 11.6. The van der Waals surface area contributed by atoms with Crippen molar-refractivity contribution < 1.29 is 4.79 Å². The average Bonchev–Trinajstić information content (AvgIpc) is 2.90. The number of carbonyl (C=O) groups excluding carboxylic acids is 1. The van der Waals surface area contributed by atoms with E-state index in [1.54, 1.807) is 11.8 Å². The molecule has 0 fully saturated rings. The number of thioether (sulfide) groups is 1. The highest BCUT2D eigenvalue weighted by atomic mass is 35.5. The van der Waals surface area contributed by atoms with Gasteiger partial charge in [0.1, 0.15) is 0 Å². The summed E-state index contributed by atoms with van der Waals surface area (Å²) in [4.78, 5) is 16.0. The van der Waals surface area contributed by atoms with Crippen LogP contribution in [0, 0.1) is 0 Å². The Morgan fingerprint density at radius 1 is 1.25 bits per heavy atom. The highest BCUT2D eigenvalue weighted by Crippen LogP contribution is 2.37. The predicted molar refractivity (Wildman–Crippen MR) is 101 cm³/mol. The highest BCUT2D eigenvalue weighted by molar-refractivity contribution is 7.99. The van der Waals surface area contributed by atoms with E-state index in [9.17, 15) is 4.79 Å². The molecule has 0 bridgehead atoms. The number of nitrogens with zero attached hydrogens (tertiary/aromatic N) is 2. The van der Waals surface area contributed by atoms with Crippen molar-refractivity contribution in [2.24, 2.45) is 7.05 Å². The number of benzene rings is 2. The van der Waals surface area contributed by atoms with Gasteiger partial charge in [0, 0.05) is 46.4 Å². The van der Waals surface area contributed by atoms with E-state index in [0.29, 0.717) is 11.4 Å². The number of carbonyl (C=O) groups is 1. The van der Waals surface area contributed by atoms with Gasteiger partial charge in [-0.3, -0.25) is 4.79 Å². The molecule has 24 heavy (non-hydrogen) atoms. The summed E-state index contributed by atoms with van der Waals surface area (Å²) in [7, 11) is 2.02. The van der Waals surface area contributed by atoms with Crippen molar-refractivity contribution in [3.63, 3.8) is 0 Å². The number of hydrogen-bond donors (Lipinski definition) is 0. The molecule has 0 saturated carbocycles. The summed E-state index contributed by atoms with van der Waals surface area (Å²) in [6.07, 6.45) is 2.46. The minimum absolute atomic E-state index is 0.121. The minimum atomic E-state index is 0.121. The first kappa shape index (κ1) is 15.6. The normalized spacial score (nSPS) is 14.0. The van der Waals surface area contributed by atoms with Gasteiger partial charge in [-0.2, -0.15) is 0 Å². The third-order valence-electron chi connectivity index (χ3n) is 4.41. The molecule has 0 spiro atoms. The third-order valence-corrected chi connectivity index (χ3v) is 5.68. The van der Waals surface area contributed by atoms with Crippen molar-refractivity contribution in [1.82, 2.24) is 4.57 Å². The molecule has 122 valence electrons.